The number of morpholine rings is 1. The summed E-state index contributed by atoms with van der Waals surface area (Å²) in [7, 11) is 0. The van der Waals surface area contributed by atoms with Crippen molar-refractivity contribution in [3.05, 3.63) is 47.8 Å². The quantitative estimate of drug-likeness (QED) is 0.874. The first kappa shape index (κ1) is 11.4. The maximum Gasteiger partial charge on any atom is 0.102 e. The van der Waals surface area contributed by atoms with Crippen LogP contribution in [0, 0.1) is 0 Å². The Hall–Kier alpha value is -1.72. The van der Waals surface area contributed by atoms with Gasteiger partial charge < -0.3 is 10.1 Å². The van der Waals surface area contributed by atoms with Gasteiger partial charge in [-0.25, -0.2) is 4.68 Å². The normalized spacial score (nSPS) is 19.9. The minimum Gasteiger partial charge on any atom is -0.378 e. The molecule has 3 rings (SSSR count). The standard InChI is InChI=1S/C13H16N4O/c1-2-4-11(5-3-1)8-17-9-12(15-16-17)13-10-18-7-6-14-13/h1-5,9,13-14H,6-8,10H2. The first-order valence-electron chi connectivity index (χ1n) is 6.17. The molecule has 2 aromatic rings. The zero-order valence-corrected chi connectivity index (χ0v) is 10.1. The van der Waals surface area contributed by atoms with Crippen LogP contribution < -0.4 is 5.32 Å². The van der Waals surface area contributed by atoms with Crippen molar-refractivity contribution in [2.45, 2.75) is 12.6 Å². The minimum atomic E-state index is 0.170. The maximum atomic E-state index is 5.42. The smallest absolute Gasteiger partial charge is 0.102 e. The molecule has 5 nitrogen and oxygen atoms in total. The first-order chi connectivity index (χ1) is 8.92. The molecule has 0 radical (unpaired) electrons. The van der Waals surface area contributed by atoms with Gasteiger partial charge in [0.1, 0.15) is 5.69 Å². The molecular weight excluding hydrogens is 228 g/mol. The lowest BCUT2D eigenvalue weighted by Crippen LogP contribution is -2.34. The van der Waals surface area contributed by atoms with Gasteiger partial charge in [-0.05, 0) is 5.56 Å². The second-order valence-corrected chi connectivity index (χ2v) is 4.41. The van der Waals surface area contributed by atoms with Gasteiger partial charge in [0.25, 0.3) is 0 Å². The van der Waals surface area contributed by atoms with Crippen LogP contribution in [0.5, 0.6) is 0 Å². The summed E-state index contributed by atoms with van der Waals surface area (Å²) in [5, 5.41) is 11.7. The van der Waals surface area contributed by atoms with Crippen molar-refractivity contribution in [3.8, 4) is 0 Å². The zero-order valence-electron chi connectivity index (χ0n) is 10.1. The number of rotatable bonds is 3. The van der Waals surface area contributed by atoms with Crippen LogP contribution in [0.2, 0.25) is 0 Å². The topological polar surface area (TPSA) is 52.0 Å². The fourth-order valence-electron chi connectivity index (χ4n) is 2.08. The molecule has 1 unspecified atom stereocenters. The molecule has 2 heterocycles. The summed E-state index contributed by atoms with van der Waals surface area (Å²) >= 11 is 0. The van der Waals surface area contributed by atoms with Gasteiger partial charge in [0.15, 0.2) is 0 Å². The van der Waals surface area contributed by atoms with Crippen LogP contribution in [0.3, 0.4) is 0 Å². The highest BCUT2D eigenvalue weighted by Crippen LogP contribution is 2.12. The summed E-state index contributed by atoms with van der Waals surface area (Å²) in [6.45, 7) is 3.07. The highest BCUT2D eigenvalue weighted by atomic mass is 16.5. The van der Waals surface area contributed by atoms with Gasteiger partial charge in [-0.1, -0.05) is 35.5 Å². The van der Waals surface area contributed by atoms with Crippen molar-refractivity contribution in [3.63, 3.8) is 0 Å². The lowest BCUT2D eigenvalue weighted by Gasteiger charge is -2.21. The van der Waals surface area contributed by atoms with Gasteiger partial charge in [-0.3, -0.25) is 0 Å². The molecule has 94 valence electrons. The third-order valence-electron chi connectivity index (χ3n) is 3.02. The predicted octanol–water partition coefficient (Wildman–Crippen LogP) is 0.987. The molecular formula is C13H16N4O. The molecule has 0 saturated carbocycles. The number of nitrogens with zero attached hydrogens (tertiary/aromatic N) is 3. The zero-order chi connectivity index (χ0) is 12.2. The van der Waals surface area contributed by atoms with Crippen molar-refractivity contribution in [2.75, 3.05) is 19.8 Å². The third-order valence-corrected chi connectivity index (χ3v) is 3.02. The van der Waals surface area contributed by atoms with Gasteiger partial charge in [0.2, 0.25) is 0 Å². The molecule has 1 aromatic heterocycles. The molecule has 1 atom stereocenters. The third kappa shape index (κ3) is 2.57. The van der Waals surface area contributed by atoms with Gasteiger partial charge in [0, 0.05) is 6.54 Å². The van der Waals surface area contributed by atoms with Crippen LogP contribution in [-0.4, -0.2) is 34.8 Å². The number of benzene rings is 1. The van der Waals surface area contributed by atoms with E-state index in [0.29, 0.717) is 6.61 Å². The Morgan fingerprint density at radius 2 is 2.22 bits per heavy atom. The molecule has 1 N–H and O–H groups in total. The molecule has 0 spiro atoms. The van der Waals surface area contributed by atoms with E-state index in [1.165, 1.54) is 5.56 Å². The SMILES string of the molecule is c1ccc(Cn2cc(C3COCCN3)nn2)cc1. The van der Waals surface area contributed by atoms with E-state index in [-0.39, 0.29) is 6.04 Å². The van der Waals surface area contributed by atoms with E-state index in [0.717, 1.165) is 25.4 Å². The fraction of sp³-hybridized carbons (Fsp3) is 0.385. The molecule has 18 heavy (non-hydrogen) atoms. The second-order valence-electron chi connectivity index (χ2n) is 4.41. The highest BCUT2D eigenvalue weighted by molar-refractivity contribution is 5.15. The van der Waals surface area contributed by atoms with Crippen LogP contribution in [0.25, 0.3) is 0 Å². The Labute approximate surface area is 106 Å². The Morgan fingerprint density at radius 1 is 1.33 bits per heavy atom. The van der Waals surface area contributed by atoms with Crippen LogP contribution in [-0.2, 0) is 11.3 Å². The molecule has 1 aromatic carbocycles. The average Bonchev–Trinajstić information content (AvgIpc) is 2.89. The number of ether oxygens (including phenoxy) is 1. The van der Waals surface area contributed by atoms with Crippen LogP contribution >= 0.6 is 0 Å². The van der Waals surface area contributed by atoms with Gasteiger partial charge in [-0.2, -0.15) is 0 Å². The molecule has 0 amide bonds. The van der Waals surface area contributed by atoms with E-state index in [4.69, 9.17) is 4.74 Å². The number of nitrogens with one attached hydrogen (secondary N) is 1. The second kappa shape index (κ2) is 5.29. The van der Waals surface area contributed by atoms with E-state index in [9.17, 15) is 0 Å². The molecule has 1 fully saturated rings. The molecule has 1 aliphatic heterocycles. The van der Waals surface area contributed by atoms with Crippen molar-refractivity contribution < 1.29 is 4.74 Å². The highest BCUT2D eigenvalue weighted by Gasteiger charge is 2.18. The lowest BCUT2D eigenvalue weighted by atomic mass is 10.2. The molecule has 5 heteroatoms. The maximum absolute atomic E-state index is 5.42. The largest absolute Gasteiger partial charge is 0.378 e. The van der Waals surface area contributed by atoms with Crippen LogP contribution in [0.1, 0.15) is 17.3 Å². The monoisotopic (exact) mass is 244 g/mol. The Morgan fingerprint density at radius 3 is 3.00 bits per heavy atom. The van der Waals surface area contributed by atoms with Gasteiger partial charge >= 0.3 is 0 Å². The Bertz CT molecular complexity index is 491. The number of aromatic nitrogens is 3. The Balaban J connectivity index is 1.69. The summed E-state index contributed by atoms with van der Waals surface area (Å²) in [5.41, 5.74) is 2.17. The number of hydrogen-bond donors (Lipinski definition) is 1. The summed E-state index contributed by atoms with van der Waals surface area (Å²) in [4.78, 5) is 0. The molecule has 0 aliphatic carbocycles. The molecule has 1 saturated heterocycles. The lowest BCUT2D eigenvalue weighted by molar-refractivity contribution is 0.0756. The van der Waals surface area contributed by atoms with Crippen molar-refractivity contribution in [2.24, 2.45) is 0 Å². The van der Waals surface area contributed by atoms with Crippen LogP contribution in [0.4, 0.5) is 0 Å². The van der Waals surface area contributed by atoms with Crippen molar-refractivity contribution >= 4 is 0 Å². The first-order valence-corrected chi connectivity index (χ1v) is 6.17. The van der Waals surface area contributed by atoms with Crippen LogP contribution in [0.15, 0.2) is 36.5 Å². The molecule has 1 aliphatic rings. The summed E-state index contributed by atoms with van der Waals surface area (Å²) < 4.78 is 7.29. The summed E-state index contributed by atoms with van der Waals surface area (Å²) in [6, 6.07) is 10.4. The van der Waals surface area contributed by atoms with Gasteiger partial charge in [0.05, 0.1) is 32.0 Å². The van der Waals surface area contributed by atoms with E-state index < -0.39 is 0 Å². The van der Waals surface area contributed by atoms with Gasteiger partial charge in [-0.15, -0.1) is 5.10 Å². The van der Waals surface area contributed by atoms with Crippen molar-refractivity contribution in [1.82, 2.24) is 20.3 Å². The minimum absolute atomic E-state index is 0.170. The molecule has 0 bridgehead atoms. The van der Waals surface area contributed by atoms with E-state index in [2.05, 4.69) is 27.8 Å². The summed E-state index contributed by atoms with van der Waals surface area (Å²) in [6.07, 6.45) is 1.99. The predicted molar refractivity (Wildman–Crippen MR) is 67.1 cm³/mol. The fourth-order valence-corrected chi connectivity index (χ4v) is 2.08. The average molecular weight is 244 g/mol. The summed E-state index contributed by atoms with van der Waals surface area (Å²) in [5.74, 6) is 0. The van der Waals surface area contributed by atoms with Crippen molar-refractivity contribution in [1.29, 1.82) is 0 Å². The number of hydrogen-bond acceptors (Lipinski definition) is 4. The Kier molecular flexibility index (Phi) is 3.34. The van der Waals surface area contributed by atoms with E-state index >= 15 is 0 Å². The van der Waals surface area contributed by atoms with E-state index in [1.54, 1.807) is 0 Å². The van der Waals surface area contributed by atoms with E-state index in [1.807, 2.05) is 29.1 Å².